The number of halogens is 2. The van der Waals surface area contributed by atoms with Gasteiger partial charge < -0.3 is 4.57 Å². The summed E-state index contributed by atoms with van der Waals surface area (Å²) in [6.45, 7) is 1.79. The molecule has 19 heavy (non-hydrogen) atoms. The number of hydrogen-bond donors (Lipinski definition) is 1. The van der Waals surface area contributed by atoms with E-state index >= 15 is 0 Å². The first kappa shape index (κ1) is 14.2. The first-order valence-electron chi connectivity index (χ1n) is 5.27. The Morgan fingerprint density at radius 1 is 1.32 bits per heavy atom. The van der Waals surface area contributed by atoms with E-state index < -0.39 is 10.0 Å². The molecule has 2 aromatic rings. The van der Waals surface area contributed by atoms with Crippen molar-refractivity contribution in [2.45, 2.75) is 11.9 Å². The third kappa shape index (κ3) is 2.70. The lowest BCUT2D eigenvalue weighted by atomic mass is 10.2. The number of benzene rings is 1. The van der Waals surface area contributed by atoms with E-state index in [1.54, 1.807) is 32.2 Å². The minimum absolute atomic E-state index is 0.0382. The SMILES string of the molecule is Cc1cccc(NS(=O)(=O)c2ncn(C)c2Cl)c1Cl. The maximum absolute atomic E-state index is 12.2. The average Bonchev–Trinajstić information content (AvgIpc) is 2.66. The fourth-order valence-electron chi connectivity index (χ4n) is 1.49. The van der Waals surface area contributed by atoms with Crippen molar-refractivity contribution in [2.24, 2.45) is 7.05 Å². The van der Waals surface area contributed by atoms with Gasteiger partial charge in [0.25, 0.3) is 10.0 Å². The maximum atomic E-state index is 12.2. The lowest BCUT2D eigenvalue weighted by molar-refractivity contribution is 0.598. The number of anilines is 1. The van der Waals surface area contributed by atoms with Gasteiger partial charge >= 0.3 is 0 Å². The summed E-state index contributed by atoms with van der Waals surface area (Å²) in [4.78, 5) is 3.77. The monoisotopic (exact) mass is 319 g/mol. The molecule has 0 aliphatic carbocycles. The van der Waals surface area contributed by atoms with Crippen LogP contribution in [-0.2, 0) is 17.1 Å². The molecule has 0 atom stereocenters. The molecular weight excluding hydrogens is 309 g/mol. The standard InChI is InChI=1S/C11H11Cl2N3O2S/c1-7-4-3-5-8(9(7)12)15-19(17,18)11-10(13)16(2)6-14-11/h3-6,15H,1-2H3. The van der Waals surface area contributed by atoms with Crippen molar-refractivity contribution in [3.05, 3.63) is 40.3 Å². The molecule has 102 valence electrons. The van der Waals surface area contributed by atoms with Crippen molar-refractivity contribution >= 4 is 38.9 Å². The van der Waals surface area contributed by atoms with Crippen molar-refractivity contribution in [2.75, 3.05) is 4.72 Å². The second-order valence-corrected chi connectivity index (χ2v) is 6.33. The number of aromatic nitrogens is 2. The highest BCUT2D eigenvalue weighted by atomic mass is 35.5. The van der Waals surface area contributed by atoms with Crippen LogP contribution in [-0.4, -0.2) is 18.0 Å². The molecule has 0 fully saturated rings. The Morgan fingerprint density at radius 3 is 2.58 bits per heavy atom. The summed E-state index contributed by atoms with van der Waals surface area (Å²) in [5.74, 6) is 0. The first-order valence-corrected chi connectivity index (χ1v) is 7.51. The fraction of sp³-hybridized carbons (Fsp3) is 0.182. The Morgan fingerprint density at radius 2 is 2.00 bits per heavy atom. The molecule has 8 heteroatoms. The zero-order valence-corrected chi connectivity index (χ0v) is 12.5. The molecule has 1 heterocycles. The van der Waals surface area contributed by atoms with E-state index in [9.17, 15) is 8.42 Å². The average molecular weight is 320 g/mol. The summed E-state index contributed by atoms with van der Waals surface area (Å²) in [5, 5.41) is 0.156. The molecule has 1 aromatic heterocycles. The van der Waals surface area contributed by atoms with E-state index in [2.05, 4.69) is 9.71 Å². The molecule has 0 bridgehead atoms. The van der Waals surface area contributed by atoms with Gasteiger partial charge in [0.05, 0.1) is 17.0 Å². The van der Waals surface area contributed by atoms with Gasteiger partial charge in [-0.25, -0.2) is 4.98 Å². The molecule has 1 N–H and O–H groups in total. The number of sulfonamides is 1. The third-order valence-electron chi connectivity index (χ3n) is 2.52. The largest absolute Gasteiger partial charge is 0.324 e. The van der Waals surface area contributed by atoms with Crippen molar-refractivity contribution in [3.8, 4) is 0 Å². The summed E-state index contributed by atoms with van der Waals surface area (Å²) in [5.41, 5.74) is 1.07. The molecule has 0 unspecified atom stereocenters. The van der Waals surface area contributed by atoms with Crippen molar-refractivity contribution < 1.29 is 8.42 Å². The molecule has 2 rings (SSSR count). The van der Waals surface area contributed by atoms with Crippen molar-refractivity contribution in [1.29, 1.82) is 0 Å². The van der Waals surface area contributed by atoms with Crippen molar-refractivity contribution in [1.82, 2.24) is 9.55 Å². The lowest BCUT2D eigenvalue weighted by Gasteiger charge is -2.09. The van der Waals surface area contributed by atoms with E-state index in [4.69, 9.17) is 23.2 Å². The van der Waals surface area contributed by atoms with E-state index in [0.29, 0.717) is 10.7 Å². The molecule has 0 spiro atoms. The number of imidazole rings is 1. The van der Waals surface area contributed by atoms with E-state index in [0.717, 1.165) is 5.56 Å². The third-order valence-corrected chi connectivity index (χ3v) is 4.88. The molecule has 0 radical (unpaired) electrons. The van der Waals surface area contributed by atoms with Gasteiger partial charge in [0.15, 0.2) is 0 Å². The van der Waals surface area contributed by atoms with Gasteiger partial charge in [-0.15, -0.1) is 0 Å². The van der Waals surface area contributed by atoms with Gasteiger partial charge in [0.1, 0.15) is 5.15 Å². The summed E-state index contributed by atoms with van der Waals surface area (Å²) in [6.07, 6.45) is 1.33. The molecule has 0 aliphatic heterocycles. The van der Waals surface area contributed by atoms with Crippen LogP contribution in [0.25, 0.3) is 0 Å². The second-order valence-electron chi connectivity index (χ2n) is 3.99. The number of nitrogens with zero attached hydrogens (tertiary/aromatic N) is 2. The lowest BCUT2D eigenvalue weighted by Crippen LogP contribution is -2.14. The highest BCUT2D eigenvalue weighted by Crippen LogP contribution is 2.28. The van der Waals surface area contributed by atoms with Crippen LogP contribution in [0, 0.1) is 6.92 Å². The van der Waals surface area contributed by atoms with E-state index in [1.165, 1.54) is 10.9 Å². The highest BCUT2D eigenvalue weighted by molar-refractivity contribution is 7.92. The molecule has 0 amide bonds. The smallest absolute Gasteiger partial charge is 0.282 e. The van der Waals surface area contributed by atoms with Crippen molar-refractivity contribution in [3.63, 3.8) is 0 Å². The van der Waals surface area contributed by atoms with Crippen LogP contribution in [0.4, 0.5) is 5.69 Å². The number of nitrogens with one attached hydrogen (secondary N) is 1. The summed E-state index contributed by atoms with van der Waals surface area (Å²) >= 11 is 11.9. The normalized spacial score (nSPS) is 11.6. The van der Waals surface area contributed by atoms with E-state index in [1.807, 2.05) is 0 Å². The molecule has 1 aromatic carbocycles. The zero-order valence-electron chi connectivity index (χ0n) is 10.2. The summed E-state index contributed by atoms with van der Waals surface area (Å²) in [6, 6.07) is 5.07. The van der Waals surface area contributed by atoms with Gasteiger partial charge in [-0.05, 0) is 18.6 Å². The minimum atomic E-state index is -3.86. The van der Waals surface area contributed by atoms with Gasteiger partial charge in [-0.2, -0.15) is 8.42 Å². The van der Waals surface area contributed by atoms with Crippen LogP contribution < -0.4 is 4.72 Å². The second kappa shape index (κ2) is 5.03. The first-order chi connectivity index (χ1) is 8.83. The van der Waals surface area contributed by atoms with Gasteiger partial charge in [0.2, 0.25) is 5.03 Å². The Kier molecular flexibility index (Phi) is 3.75. The molecule has 0 saturated heterocycles. The molecular formula is C11H11Cl2N3O2S. The van der Waals surface area contributed by atoms with Gasteiger partial charge in [0, 0.05) is 7.05 Å². The number of hydrogen-bond acceptors (Lipinski definition) is 3. The van der Waals surface area contributed by atoms with Crippen LogP contribution in [0.2, 0.25) is 10.2 Å². The Labute approximate surface area is 121 Å². The molecule has 0 aliphatic rings. The molecule has 0 saturated carbocycles. The molecule has 5 nitrogen and oxygen atoms in total. The van der Waals surface area contributed by atoms with Crippen LogP contribution in [0.5, 0.6) is 0 Å². The zero-order chi connectivity index (χ0) is 14.2. The van der Waals surface area contributed by atoms with E-state index in [-0.39, 0.29) is 10.2 Å². The van der Waals surface area contributed by atoms with Crippen LogP contribution in [0.3, 0.4) is 0 Å². The summed E-state index contributed by atoms with van der Waals surface area (Å²) in [7, 11) is -2.26. The minimum Gasteiger partial charge on any atom is -0.324 e. The van der Waals surface area contributed by atoms with Crippen LogP contribution >= 0.6 is 23.2 Å². The Balaban J connectivity index is 2.42. The topological polar surface area (TPSA) is 64.0 Å². The maximum Gasteiger partial charge on any atom is 0.282 e. The predicted octanol–water partition coefficient (Wildman–Crippen LogP) is 2.84. The highest BCUT2D eigenvalue weighted by Gasteiger charge is 2.23. The van der Waals surface area contributed by atoms with Gasteiger partial charge in [-0.3, -0.25) is 4.72 Å². The quantitative estimate of drug-likeness (QED) is 0.946. The predicted molar refractivity (Wildman–Crippen MR) is 75.2 cm³/mol. The van der Waals surface area contributed by atoms with Crippen LogP contribution in [0.15, 0.2) is 29.6 Å². The van der Waals surface area contributed by atoms with Crippen LogP contribution in [0.1, 0.15) is 5.56 Å². The Hall–Kier alpha value is -1.24. The number of aryl methyl sites for hydroxylation is 2. The fourth-order valence-corrected chi connectivity index (χ4v) is 3.23. The summed E-state index contributed by atoms with van der Waals surface area (Å²) < 4.78 is 28.1. The van der Waals surface area contributed by atoms with Gasteiger partial charge in [-0.1, -0.05) is 35.3 Å². The number of rotatable bonds is 3. The Bertz CT molecular complexity index is 726.